The molecule has 2 aromatic rings. The van der Waals surface area contributed by atoms with Gasteiger partial charge < -0.3 is 5.32 Å². The van der Waals surface area contributed by atoms with Crippen molar-refractivity contribution in [1.82, 2.24) is 0 Å². The summed E-state index contributed by atoms with van der Waals surface area (Å²) < 4.78 is 48.6. The van der Waals surface area contributed by atoms with Crippen molar-refractivity contribution in [3.8, 4) is 0 Å². The van der Waals surface area contributed by atoms with Crippen molar-refractivity contribution in [1.29, 1.82) is 0 Å². The van der Waals surface area contributed by atoms with Gasteiger partial charge in [0, 0.05) is 10.7 Å². The van der Waals surface area contributed by atoms with Gasteiger partial charge in [0.2, 0.25) is 15.9 Å². The van der Waals surface area contributed by atoms with E-state index >= 15 is 0 Å². The van der Waals surface area contributed by atoms with E-state index in [-0.39, 0.29) is 28.3 Å². The molecule has 156 valence electrons. The topological polar surface area (TPSA) is 123 Å². The van der Waals surface area contributed by atoms with Crippen molar-refractivity contribution in [3.05, 3.63) is 53.1 Å². The Morgan fingerprint density at radius 3 is 2.17 bits per heavy atom. The van der Waals surface area contributed by atoms with E-state index in [2.05, 4.69) is 5.32 Å². The summed E-state index contributed by atoms with van der Waals surface area (Å²) in [7, 11) is -7.98. The fraction of sp³-hybridized carbons (Fsp3) is 0.316. The summed E-state index contributed by atoms with van der Waals surface area (Å²) in [5, 5.41) is 8.20. The number of hydrogen-bond acceptors (Lipinski definition) is 5. The smallest absolute Gasteiger partial charge is 0.246 e. The Bertz CT molecular complexity index is 1150. The lowest BCUT2D eigenvalue weighted by atomic mass is 10.1. The molecule has 0 saturated heterocycles. The van der Waals surface area contributed by atoms with Crippen LogP contribution in [0.15, 0.2) is 52.3 Å². The first kappa shape index (κ1) is 21.8. The monoisotopic (exact) mass is 456 g/mol. The van der Waals surface area contributed by atoms with E-state index in [4.69, 9.17) is 16.7 Å². The predicted molar refractivity (Wildman–Crippen MR) is 111 cm³/mol. The SMILES string of the molecule is Cc1ccc(NC(=O)C2(S(=O)(=O)c3ccc(Cl)cc3)CCCC2)cc1S(N)(=O)=O. The fourth-order valence-electron chi connectivity index (χ4n) is 3.63. The molecule has 0 heterocycles. The molecule has 2 aromatic carbocycles. The van der Waals surface area contributed by atoms with Crippen LogP contribution in [0.2, 0.25) is 5.02 Å². The normalized spacial score (nSPS) is 16.5. The molecule has 3 N–H and O–H groups in total. The van der Waals surface area contributed by atoms with Crippen molar-refractivity contribution >= 4 is 43.1 Å². The minimum absolute atomic E-state index is 0.0214. The van der Waals surface area contributed by atoms with Crippen molar-refractivity contribution in [2.24, 2.45) is 5.14 Å². The maximum Gasteiger partial charge on any atom is 0.246 e. The Hall–Kier alpha value is -1.94. The molecule has 1 saturated carbocycles. The lowest BCUT2D eigenvalue weighted by Gasteiger charge is -2.28. The number of carbonyl (C=O) groups is 1. The van der Waals surface area contributed by atoms with E-state index in [1.54, 1.807) is 6.92 Å². The molecule has 0 unspecified atom stereocenters. The second-order valence-corrected chi connectivity index (χ2v) is 11.4. The standard InChI is InChI=1S/C19H21ClN2O5S2/c1-13-4-7-15(12-17(13)29(21,26)27)22-18(23)19(10-2-3-11-19)28(24,25)16-8-5-14(20)6-9-16/h4-9,12H,2-3,10-11H2,1H3,(H,22,23)(H2,21,26,27). The number of primary sulfonamides is 1. The Morgan fingerprint density at radius 1 is 1.03 bits per heavy atom. The number of anilines is 1. The molecule has 1 aliphatic rings. The molecule has 7 nitrogen and oxygen atoms in total. The highest BCUT2D eigenvalue weighted by Gasteiger charge is 2.53. The Labute approximate surface area is 175 Å². The summed E-state index contributed by atoms with van der Waals surface area (Å²) in [5.74, 6) is -0.686. The van der Waals surface area contributed by atoms with Gasteiger partial charge >= 0.3 is 0 Å². The number of sulfone groups is 1. The number of sulfonamides is 1. The number of halogens is 1. The lowest BCUT2D eigenvalue weighted by Crippen LogP contribution is -2.47. The van der Waals surface area contributed by atoms with Crippen LogP contribution in [-0.4, -0.2) is 27.5 Å². The van der Waals surface area contributed by atoms with Crippen LogP contribution in [0.25, 0.3) is 0 Å². The lowest BCUT2D eigenvalue weighted by molar-refractivity contribution is -0.118. The third-order valence-corrected chi connectivity index (χ3v) is 9.04. The van der Waals surface area contributed by atoms with E-state index < -0.39 is 30.5 Å². The van der Waals surface area contributed by atoms with E-state index in [9.17, 15) is 21.6 Å². The number of carbonyl (C=O) groups excluding carboxylic acids is 1. The number of rotatable bonds is 5. The van der Waals surface area contributed by atoms with E-state index in [0.29, 0.717) is 23.4 Å². The Balaban J connectivity index is 2.00. The third-order valence-electron chi connectivity index (χ3n) is 5.22. The molecule has 29 heavy (non-hydrogen) atoms. The zero-order valence-electron chi connectivity index (χ0n) is 15.7. The predicted octanol–water partition coefficient (Wildman–Crippen LogP) is 3.02. The fourth-order valence-corrected chi connectivity index (χ4v) is 6.63. The summed E-state index contributed by atoms with van der Waals surface area (Å²) in [6, 6.07) is 9.96. The third kappa shape index (κ3) is 4.05. The first-order valence-corrected chi connectivity index (χ1v) is 12.3. The quantitative estimate of drug-likeness (QED) is 0.715. The second kappa shape index (κ2) is 7.71. The van der Waals surface area contributed by atoms with Gasteiger partial charge in [0.15, 0.2) is 14.6 Å². The molecule has 0 aliphatic heterocycles. The maximum absolute atomic E-state index is 13.4. The number of aryl methyl sites for hydroxylation is 1. The van der Waals surface area contributed by atoms with Crippen molar-refractivity contribution in [2.45, 2.75) is 47.1 Å². The second-order valence-electron chi connectivity index (χ2n) is 7.14. The van der Waals surface area contributed by atoms with Gasteiger partial charge in [-0.15, -0.1) is 0 Å². The maximum atomic E-state index is 13.4. The van der Waals surface area contributed by atoms with Crippen LogP contribution in [0.4, 0.5) is 5.69 Å². The van der Waals surface area contributed by atoms with Gasteiger partial charge in [-0.3, -0.25) is 4.79 Å². The van der Waals surface area contributed by atoms with Crippen LogP contribution >= 0.6 is 11.6 Å². The number of benzene rings is 2. The van der Waals surface area contributed by atoms with Crippen molar-refractivity contribution in [3.63, 3.8) is 0 Å². The highest BCUT2D eigenvalue weighted by Crippen LogP contribution is 2.41. The summed E-state index contributed by atoms with van der Waals surface area (Å²) in [6.45, 7) is 1.58. The van der Waals surface area contributed by atoms with Gasteiger partial charge in [-0.05, 0) is 61.7 Å². The summed E-state index contributed by atoms with van der Waals surface area (Å²) in [5.41, 5.74) is 0.595. The van der Waals surface area contributed by atoms with E-state index in [0.717, 1.165) is 0 Å². The minimum atomic E-state index is -4.00. The summed E-state index contributed by atoms with van der Waals surface area (Å²) >= 11 is 5.86. The number of amides is 1. The molecule has 0 spiro atoms. The Kier molecular flexibility index (Phi) is 5.79. The minimum Gasteiger partial charge on any atom is -0.325 e. The van der Waals surface area contributed by atoms with Gasteiger partial charge in [-0.1, -0.05) is 30.5 Å². The zero-order chi connectivity index (χ0) is 21.4. The van der Waals surface area contributed by atoms with Crippen LogP contribution in [-0.2, 0) is 24.7 Å². The number of hydrogen-bond donors (Lipinski definition) is 2. The molecule has 1 amide bonds. The van der Waals surface area contributed by atoms with Crippen LogP contribution < -0.4 is 10.5 Å². The zero-order valence-corrected chi connectivity index (χ0v) is 18.1. The molecule has 0 atom stereocenters. The van der Waals surface area contributed by atoms with E-state index in [1.165, 1.54) is 42.5 Å². The summed E-state index contributed by atoms with van der Waals surface area (Å²) in [6.07, 6.45) is 1.54. The number of nitrogens with two attached hydrogens (primary N) is 1. The average Bonchev–Trinajstić information content (AvgIpc) is 3.14. The average molecular weight is 457 g/mol. The molecular weight excluding hydrogens is 436 g/mol. The van der Waals surface area contributed by atoms with Crippen molar-refractivity contribution < 1.29 is 21.6 Å². The molecule has 0 bridgehead atoms. The van der Waals surface area contributed by atoms with Crippen LogP contribution in [0.1, 0.15) is 31.2 Å². The first-order valence-electron chi connectivity index (χ1n) is 8.92. The van der Waals surface area contributed by atoms with Gasteiger partial charge in [-0.25, -0.2) is 22.0 Å². The highest BCUT2D eigenvalue weighted by atomic mass is 35.5. The molecule has 3 rings (SSSR count). The van der Waals surface area contributed by atoms with Gasteiger partial charge in [0.25, 0.3) is 0 Å². The largest absolute Gasteiger partial charge is 0.325 e. The molecule has 0 aromatic heterocycles. The molecule has 1 aliphatic carbocycles. The van der Waals surface area contributed by atoms with Crippen LogP contribution in [0.5, 0.6) is 0 Å². The first-order chi connectivity index (χ1) is 13.5. The molecule has 10 heteroatoms. The summed E-state index contributed by atoms with van der Waals surface area (Å²) in [4.78, 5) is 13.1. The highest BCUT2D eigenvalue weighted by molar-refractivity contribution is 7.93. The van der Waals surface area contributed by atoms with Crippen molar-refractivity contribution in [2.75, 3.05) is 5.32 Å². The van der Waals surface area contributed by atoms with Gasteiger partial charge in [-0.2, -0.15) is 0 Å². The van der Waals surface area contributed by atoms with Crippen LogP contribution in [0.3, 0.4) is 0 Å². The number of nitrogens with one attached hydrogen (secondary N) is 1. The van der Waals surface area contributed by atoms with Gasteiger partial charge in [0.05, 0.1) is 9.79 Å². The van der Waals surface area contributed by atoms with Crippen LogP contribution in [0, 0.1) is 6.92 Å². The van der Waals surface area contributed by atoms with Gasteiger partial charge in [0.1, 0.15) is 0 Å². The Morgan fingerprint density at radius 2 is 1.62 bits per heavy atom. The molecular formula is C19H21ClN2O5S2. The molecule has 0 radical (unpaired) electrons. The molecule has 1 fully saturated rings. The van der Waals surface area contributed by atoms with E-state index in [1.807, 2.05) is 0 Å².